The molecule has 0 saturated carbocycles. The number of methoxy groups -OCH3 is 1. The Morgan fingerprint density at radius 1 is 1.37 bits per heavy atom. The van der Waals surface area contributed by atoms with Gasteiger partial charge in [-0.25, -0.2) is 4.39 Å². The molecular weight excluding hydrogens is 263 g/mol. The molecule has 0 fully saturated rings. The van der Waals surface area contributed by atoms with Crippen molar-refractivity contribution in [2.24, 2.45) is 5.84 Å². The molecule has 0 bridgehead atoms. The molecule has 1 heterocycles. The van der Waals surface area contributed by atoms with Crippen molar-refractivity contribution in [3.63, 3.8) is 0 Å². The third-order valence-corrected chi connectivity index (χ3v) is 4.08. The van der Waals surface area contributed by atoms with Gasteiger partial charge in [-0.2, -0.15) is 0 Å². The average molecular weight is 280 g/mol. The van der Waals surface area contributed by atoms with Crippen LogP contribution >= 0.6 is 11.3 Å². The molecule has 0 saturated heterocycles. The third-order valence-electron chi connectivity index (χ3n) is 2.96. The fourth-order valence-corrected chi connectivity index (χ4v) is 2.89. The Balaban J connectivity index is 2.16. The van der Waals surface area contributed by atoms with Crippen molar-refractivity contribution in [3.8, 4) is 5.75 Å². The minimum absolute atomic E-state index is 0.00788. The number of thiophene rings is 1. The first-order chi connectivity index (χ1) is 9.13. The summed E-state index contributed by atoms with van der Waals surface area (Å²) in [6.45, 7) is 2.05. The SMILES string of the molecule is COc1ccc(CC(NN)c2ccc(C)s2)cc1F. The molecule has 1 atom stereocenters. The second kappa shape index (κ2) is 6.14. The Hall–Kier alpha value is -1.43. The highest BCUT2D eigenvalue weighted by Crippen LogP contribution is 2.26. The van der Waals surface area contributed by atoms with Crippen molar-refractivity contribution in [3.05, 3.63) is 51.5 Å². The van der Waals surface area contributed by atoms with E-state index in [1.807, 2.05) is 12.1 Å². The monoisotopic (exact) mass is 280 g/mol. The van der Waals surface area contributed by atoms with Gasteiger partial charge < -0.3 is 4.74 Å². The van der Waals surface area contributed by atoms with Crippen LogP contribution < -0.4 is 16.0 Å². The van der Waals surface area contributed by atoms with Gasteiger partial charge in [-0.05, 0) is 43.2 Å². The lowest BCUT2D eigenvalue weighted by molar-refractivity contribution is 0.386. The summed E-state index contributed by atoms with van der Waals surface area (Å²) in [5.74, 6) is 5.50. The molecule has 102 valence electrons. The molecule has 0 aliphatic rings. The van der Waals surface area contributed by atoms with Gasteiger partial charge in [0.1, 0.15) is 0 Å². The Morgan fingerprint density at radius 2 is 2.16 bits per heavy atom. The van der Waals surface area contributed by atoms with Crippen LogP contribution in [0.3, 0.4) is 0 Å². The van der Waals surface area contributed by atoms with E-state index in [2.05, 4.69) is 18.4 Å². The largest absolute Gasteiger partial charge is 0.494 e. The lowest BCUT2D eigenvalue weighted by Crippen LogP contribution is -2.28. The normalized spacial score (nSPS) is 12.4. The van der Waals surface area contributed by atoms with Crippen molar-refractivity contribution < 1.29 is 9.13 Å². The summed E-state index contributed by atoms with van der Waals surface area (Å²) in [6, 6.07) is 9.07. The second-order valence-electron chi connectivity index (χ2n) is 4.34. The number of halogens is 1. The fourth-order valence-electron chi connectivity index (χ4n) is 1.95. The maximum Gasteiger partial charge on any atom is 0.165 e. The van der Waals surface area contributed by atoms with Gasteiger partial charge in [-0.1, -0.05) is 6.07 Å². The predicted molar refractivity (Wildman–Crippen MR) is 75.8 cm³/mol. The zero-order chi connectivity index (χ0) is 13.8. The molecule has 0 aliphatic heterocycles. The Bertz CT molecular complexity index is 556. The zero-order valence-electron chi connectivity index (χ0n) is 10.9. The van der Waals surface area contributed by atoms with Crippen molar-refractivity contribution in [2.45, 2.75) is 19.4 Å². The number of nitrogens with one attached hydrogen (secondary N) is 1. The van der Waals surface area contributed by atoms with Crippen LogP contribution in [0.2, 0.25) is 0 Å². The summed E-state index contributed by atoms with van der Waals surface area (Å²) in [7, 11) is 1.46. The molecule has 0 aliphatic carbocycles. The molecule has 1 aromatic heterocycles. The number of rotatable bonds is 5. The molecule has 5 heteroatoms. The van der Waals surface area contributed by atoms with Gasteiger partial charge in [-0.3, -0.25) is 11.3 Å². The van der Waals surface area contributed by atoms with E-state index in [0.717, 1.165) is 10.4 Å². The van der Waals surface area contributed by atoms with Gasteiger partial charge in [-0.15, -0.1) is 11.3 Å². The minimum Gasteiger partial charge on any atom is -0.494 e. The quantitative estimate of drug-likeness (QED) is 0.654. The molecule has 3 N–H and O–H groups in total. The van der Waals surface area contributed by atoms with Crippen LogP contribution in [0.25, 0.3) is 0 Å². The first kappa shape index (κ1) is 14.0. The van der Waals surface area contributed by atoms with Gasteiger partial charge in [0.25, 0.3) is 0 Å². The number of hydrogen-bond acceptors (Lipinski definition) is 4. The predicted octanol–water partition coefficient (Wildman–Crippen LogP) is 2.95. The van der Waals surface area contributed by atoms with E-state index in [0.29, 0.717) is 6.42 Å². The number of benzene rings is 1. The van der Waals surface area contributed by atoms with E-state index in [1.165, 1.54) is 18.1 Å². The van der Waals surface area contributed by atoms with Gasteiger partial charge in [0, 0.05) is 9.75 Å². The van der Waals surface area contributed by atoms with Crippen molar-refractivity contribution in [1.29, 1.82) is 0 Å². The molecule has 0 radical (unpaired) electrons. The van der Waals surface area contributed by atoms with Crippen LogP contribution in [0, 0.1) is 12.7 Å². The highest BCUT2D eigenvalue weighted by atomic mass is 32.1. The molecule has 2 aromatic rings. The fraction of sp³-hybridized carbons (Fsp3) is 0.286. The van der Waals surface area contributed by atoms with E-state index < -0.39 is 0 Å². The minimum atomic E-state index is -0.349. The number of hydrazine groups is 1. The molecule has 2 rings (SSSR count). The number of aryl methyl sites for hydroxylation is 1. The lowest BCUT2D eigenvalue weighted by atomic mass is 10.0. The summed E-state index contributed by atoms with van der Waals surface area (Å²) in [5.41, 5.74) is 3.67. The topological polar surface area (TPSA) is 47.3 Å². The van der Waals surface area contributed by atoms with Gasteiger partial charge in [0.05, 0.1) is 13.2 Å². The molecular formula is C14H17FN2OS. The summed E-state index contributed by atoms with van der Waals surface area (Å²) in [4.78, 5) is 2.38. The zero-order valence-corrected chi connectivity index (χ0v) is 11.8. The second-order valence-corrected chi connectivity index (χ2v) is 5.66. The van der Waals surface area contributed by atoms with E-state index in [4.69, 9.17) is 10.6 Å². The first-order valence-electron chi connectivity index (χ1n) is 5.99. The van der Waals surface area contributed by atoms with Crippen LogP contribution in [-0.2, 0) is 6.42 Å². The summed E-state index contributed by atoms with van der Waals surface area (Å²) in [6.07, 6.45) is 0.636. The number of ether oxygens (including phenoxy) is 1. The van der Waals surface area contributed by atoms with Crippen LogP contribution in [0.5, 0.6) is 5.75 Å². The van der Waals surface area contributed by atoms with Crippen LogP contribution in [-0.4, -0.2) is 7.11 Å². The Kier molecular flexibility index (Phi) is 4.52. The first-order valence-corrected chi connectivity index (χ1v) is 6.80. The van der Waals surface area contributed by atoms with Gasteiger partial charge in [0.15, 0.2) is 11.6 Å². The van der Waals surface area contributed by atoms with Crippen molar-refractivity contribution in [1.82, 2.24) is 5.43 Å². The van der Waals surface area contributed by atoms with E-state index in [9.17, 15) is 4.39 Å². The molecule has 0 spiro atoms. The number of hydrogen-bond donors (Lipinski definition) is 2. The van der Waals surface area contributed by atoms with Gasteiger partial charge >= 0.3 is 0 Å². The number of nitrogens with two attached hydrogens (primary N) is 1. The lowest BCUT2D eigenvalue weighted by Gasteiger charge is -2.14. The summed E-state index contributed by atoms with van der Waals surface area (Å²) < 4.78 is 18.5. The average Bonchev–Trinajstić information content (AvgIpc) is 2.82. The Labute approximate surface area is 116 Å². The van der Waals surface area contributed by atoms with Crippen LogP contribution in [0.1, 0.15) is 21.4 Å². The summed E-state index contributed by atoms with van der Waals surface area (Å²) in [5, 5.41) is 0. The summed E-state index contributed by atoms with van der Waals surface area (Å²) >= 11 is 1.69. The van der Waals surface area contributed by atoms with Crippen molar-refractivity contribution in [2.75, 3.05) is 7.11 Å². The smallest absolute Gasteiger partial charge is 0.165 e. The van der Waals surface area contributed by atoms with E-state index in [-0.39, 0.29) is 17.6 Å². The van der Waals surface area contributed by atoms with Crippen LogP contribution in [0.15, 0.2) is 30.3 Å². The standard InChI is InChI=1S/C14H17FN2OS/c1-9-3-6-14(19-9)12(17-16)8-10-4-5-13(18-2)11(15)7-10/h3-7,12,17H,8,16H2,1-2H3. The van der Waals surface area contributed by atoms with Crippen molar-refractivity contribution >= 4 is 11.3 Å². The van der Waals surface area contributed by atoms with E-state index in [1.54, 1.807) is 17.4 Å². The van der Waals surface area contributed by atoms with E-state index >= 15 is 0 Å². The molecule has 19 heavy (non-hydrogen) atoms. The third kappa shape index (κ3) is 3.32. The molecule has 0 amide bonds. The van der Waals surface area contributed by atoms with Crippen LogP contribution in [0.4, 0.5) is 4.39 Å². The highest BCUT2D eigenvalue weighted by molar-refractivity contribution is 7.12. The molecule has 1 unspecified atom stereocenters. The molecule has 1 aromatic carbocycles. The maximum atomic E-state index is 13.6. The molecule has 3 nitrogen and oxygen atoms in total. The van der Waals surface area contributed by atoms with Gasteiger partial charge in [0.2, 0.25) is 0 Å². The maximum absolute atomic E-state index is 13.6. The highest BCUT2D eigenvalue weighted by Gasteiger charge is 2.13. The Morgan fingerprint density at radius 3 is 2.68 bits per heavy atom.